The van der Waals surface area contributed by atoms with Gasteiger partial charge in [0.15, 0.2) is 0 Å². The van der Waals surface area contributed by atoms with E-state index >= 15 is 0 Å². The lowest BCUT2D eigenvalue weighted by Gasteiger charge is -2.27. The van der Waals surface area contributed by atoms with Gasteiger partial charge in [0.25, 0.3) is 0 Å². The molecule has 2 rings (SSSR count). The van der Waals surface area contributed by atoms with Crippen LogP contribution in [0.15, 0.2) is 18.2 Å². The van der Waals surface area contributed by atoms with Crippen LogP contribution in [0.2, 0.25) is 0 Å². The molecule has 0 bridgehead atoms. The molecule has 0 aliphatic heterocycles. The Kier molecular flexibility index (Phi) is 4.47. The third-order valence-corrected chi connectivity index (χ3v) is 3.62. The number of hydrogen-bond donors (Lipinski definition) is 2. The number of rotatable bonds is 3. The van der Waals surface area contributed by atoms with Crippen LogP contribution < -0.4 is 11.1 Å². The minimum atomic E-state index is -0.763. The molecule has 0 heterocycles. The van der Waals surface area contributed by atoms with Crippen LogP contribution in [0.4, 0.5) is 14.5 Å². The van der Waals surface area contributed by atoms with E-state index in [1.165, 1.54) is 6.07 Å². The minimum absolute atomic E-state index is 0.00998. The van der Waals surface area contributed by atoms with E-state index < -0.39 is 11.6 Å². The van der Waals surface area contributed by atoms with E-state index in [1.54, 1.807) is 0 Å². The number of hydrogen-bond acceptors (Lipinski definition) is 2. The van der Waals surface area contributed by atoms with E-state index in [4.69, 9.17) is 5.73 Å². The van der Waals surface area contributed by atoms with Crippen molar-refractivity contribution in [1.82, 2.24) is 0 Å². The van der Waals surface area contributed by atoms with Crippen molar-refractivity contribution in [2.45, 2.75) is 38.1 Å². The first-order chi connectivity index (χ1) is 9.06. The van der Waals surface area contributed by atoms with Gasteiger partial charge in [-0.2, -0.15) is 0 Å². The van der Waals surface area contributed by atoms with Crippen LogP contribution >= 0.6 is 0 Å². The number of carbonyl (C=O) groups is 1. The van der Waals surface area contributed by atoms with Crippen molar-refractivity contribution >= 4 is 11.6 Å². The molecule has 1 fully saturated rings. The second-order valence-corrected chi connectivity index (χ2v) is 5.08. The summed E-state index contributed by atoms with van der Waals surface area (Å²) in [6.45, 7) is 0. The molecule has 3 nitrogen and oxygen atoms in total. The Morgan fingerprint density at radius 1 is 1.32 bits per heavy atom. The Balaban J connectivity index is 1.93. The quantitative estimate of drug-likeness (QED) is 0.885. The summed E-state index contributed by atoms with van der Waals surface area (Å²) in [4.78, 5) is 11.8. The van der Waals surface area contributed by atoms with Gasteiger partial charge in [-0.3, -0.25) is 4.79 Å². The van der Waals surface area contributed by atoms with Crippen LogP contribution in [0.25, 0.3) is 0 Å². The van der Waals surface area contributed by atoms with E-state index in [2.05, 4.69) is 5.32 Å². The molecular formula is C14H18F2N2O. The lowest BCUT2D eigenvalue weighted by atomic mass is 9.83. The van der Waals surface area contributed by atoms with Gasteiger partial charge in [0, 0.05) is 18.5 Å². The Morgan fingerprint density at radius 3 is 2.74 bits per heavy atom. The van der Waals surface area contributed by atoms with Crippen LogP contribution in [0.3, 0.4) is 0 Å². The summed E-state index contributed by atoms with van der Waals surface area (Å²) in [6, 6.07) is 3.13. The zero-order valence-corrected chi connectivity index (χ0v) is 10.7. The summed E-state index contributed by atoms with van der Waals surface area (Å²) in [6.07, 6.45) is 4.34. The number of nitrogens with two attached hydrogens (primary N) is 1. The van der Waals surface area contributed by atoms with Crippen molar-refractivity contribution in [2.24, 2.45) is 11.7 Å². The lowest BCUT2D eigenvalue weighted by Crippen LogP contribution is -2.35. The van der Waals surface area contributed by atoms with Gasteiger partial charge in [-0.1, -0.05) is 12.8 Å². The average molecular weight is 268 g/mol. The van der Waals surface area contributed by atoms with Gasteiger partial charge in [-0.15, -0.1) is 0 Å². The van der Waals surface area contributed by atoms with E-state index in [-0.39, 0.29) is 30.0 Å². The zero-order chi connectivity index (χ0) is 13.8. The standard InChI is InChI=1S/C14H18F2N2O/c15-10-5-6-13(11(16)8-10)18-14(19)7-9-3-1-2-4-12(9)17/h5-6,8-9,12H,1-4,7,17H2,(H,18,19). The molecule has 1 aromatic rings. The molecule has 0 saturated heterocycles. The summed E-state index contributed by atoms with van der Waals surface area (Å²) in [7, 11) is 0. The Morgan fingerprint density at radius 2 is 2.05 bits per heavy atom. The Labute approximate surface area is 111 Å². The van der Waals surface area contributed by atoms with Crippen molar-refractivity contribution in [3.63, 3.8) is 0 Å². The molecule has 2 atom stereocenters. The highest BCUT2D eigenvalue weighted by molar-refractivity contribution is 5.91. The normalized spacial score (nSPS) is 23.1. The number of amides is 1. The highest BCUT2D eigenvalue weighted by Crippen LogP contribution is 2.26. The van der Waals surface area contributed by atoms with Crippen LogP contribution in [0.1, 0.15) is 32.1 Å². The number of anilines is 1. The van der Waals surface area contributed by atoms with Gasteiger partial charge >= 0.3 is 0 Å². The van der Waals surface area contributed by atoms with Gasteiger partial charge in [0.1, 0.15) is 11.6 Å². The van der Waals surface area contributed by atoms with Crippen molar-refractivity contribution in [3.05, 3.63) is 29.8 Å². The van der Waals surface area contributed by atoms with Gasteiger partial charge in [-0.25, -0.2) is 8.78 Å². The first-order valence-corrected chi connectivity index (χ1v) is 6.57. The van der Waals surface area contributed by atoms with Gasteiger partial charge in [0.05, 0.1) is 5.69 Å². The summed E-state index contributed by atoms with van der Waals surface area (Å²) < 4.78 is 26.1. The smallest absolute Gasteiger partial charge is 0.224 e. The fourth-order valence-corrected chi connectivity index (χ4v) is 2.52. The zero-order valence-electron chi connectivity index (χ0n) is 10.7. The summed E-state index contributed by atoms with van der Waals surface area (Å²) in [5, 5.41) is 2.47. The maximum absolute atomic E-state index is 13.4. The molecule has 1 saturated carbocycles. The predicted octanol–water partition coefficient (Wildman–Crippen LogP) is 2.81. The second kappa shape index (κ2) is 6.10. The molecule has 19 heavy (non-hydrogen) atoms. The van der Waals surface area contributed by atoms with Crippen LogP contribution in [-0.4, -0.2) is 11.9 Å². The molecule has 0 spiro atoms. The van der Waals surface area contributed by atoms with Crippen LogP contribution in [0.5, 0.6) is 0 Å². The number of nitrogens with one attached hydrogen (secondary N) is 1. The SMILES string of the molecule is NC1CCCCC1CC(=O)Nc1ccc(F)cc1F. The average Bonchev–Trinajstić information content (AvgIpc) is 2.36. The van der Waals surface area contributed by atoms with Crippen molar-refractivity contribution < 1.29 is 13.6 Å². The third kappa shape index (κ3) is 3.73. The predicted molar refractivity (Wildman–Crippen MR) is 69.5 cm³/mol. The minimum Gasteiger partial charge on any atom is -0.327 e. The number of halogens is 2. The summed E-state index contributed by atoms with van der Waals surface area (Å²) >= 11 is 0. The first kappa shape index (κ1) is 13.9. The largest absolute Gasteiger partial charge is 0.327 e. The fraction of sp³-hybridized carbons (Fsp3) is 0.500. The van der Waals surface area contributed by atoms with Crippen LogP contribution in [0, 0.1) is 17.6 Å². The maximum atomic E-state index is 13.4. The fourth-order valence-electron chi connectivity index (χ4n) is 2.52. The molecule has 1 aliphatic rings. The topological polar surface area (TPSA) is 55.1 Å². The molecular weight excluding hydrogens is 250 g/mol. The molecule has 3 N–H and O–H groups in total. The van der Waals surface area contributed by atoms with E-state index in [0.717, 1.165) is 37.8 Å². The molecule has 1 aliphatic carbocycles. The number of carbonyl (C=O) groups excluding carboxylic acids is 1. The van der Waals surface area contributed by atoms with Gasteiger partial charge < -0.3 is 11.1 Å². The lowest BCUT2D eigenvalue weighted by molar-refractivity contribution is -0.117. The summed E-state index contributed by atoms with van der Waals surface area (Å²) in [5.41, 5.74) is 5.98. The highest BCUT2D eigenvalue weighted by Gasteiger charge is 2.24. The molecule has 0 aromatic heterocycles. The van der Waals surface area contributed by atoms with Crippen molar-refractivity contribution in [1.29, 1.82) is 0 Å². The first-order valence-electron chi connectivity index (χ1n) is 6.57. The Hall–Kier alpha value is -1.49. The molecule has 104 valence electrons. The molecule has 1 amide bonds. The number of benzene rings is 1. The highest BCUT2D eigenvalue weighted by atomic mass is 19.1. The summed E-state index contributed by atoms with van der Waals surface area (Å²) in [5.74, 6) is -1.55. The van der Waals surface area contributed by atoms with Gasteiger partial charge in [-0.05, 0) is 30.9 Å². The van der Waals surface area contributed by atoms with Gasteiger partial charge in [0.2, 0.25) is 5.91 Å². The van der Waals surface area contributed by atoms with Crippen molar-refractivity contribution in [3.8, 4) is 0 Å². The van der Waals surface area contributed by atoms with E-state index in [9.17, 15) is 13.6 Å². The second-order valence-electron chi connectivity index (χ2n) is 5.08. The monoisotopic (exact) mass is 268 g/mol. The Bertz CT molecular complexity index is 465. The van der Waals surface area contributed by atoms with Crippen LogP contribution in [-0.2, 0) is 4.79 Å². The molecule has 0 radical (unpaired) electrons. The molecule has 5 heteroatoms. The molecule has 1 aromatic carbocycles. The van der Waals surface area contributed by atoms with E-state index in [0.29, 0.717) is 0 Å². The van der Waals surface area contributed by atoms with Crippen molar-refractivity contribution in [2.75, 3.05) is 5.32 Å². The third-order valence-electron chi connectivity index (χ3n) is 3.62. The van der Waals surface area contributed by atoms with E-state index in [1.807, 2.05) is 0 Å². The molecule has 2 unspecified atom stereocenters. The maximum Gasteiger partial charge on any atom is 0.224 e.